The summed E-state index contributed by atoms with van der Waals surface area (Å²) in [6.07, 6.45) is 2.82. The normalized spacial score (nSPS) is 11.1. The predicted molar refractivity (Wildman–Crippen MR) is 113 cm³/mol. The molecular formula is C22H22N4OS. The van der Waals surface area contributed by atoms with Gasteiger partial charge in [-0.25, -0.2) is 4.98 Å². The van der Waals surface area contributed by atoms with Gasteiger partial charge in [-0.1, -0.05) is 12.1 Å². The van der Waals surface area contributed by atoms with Crippen LogP contribution in [0.15, 0.2) is 54.0 Å². The molecule has 1 aromatic carbocycles. The third kappa shape index (κ3) is 3.97. The fourth-order valence-corrected chi connectivity index (χ4v) is 4.04. The average Bonchev–Trinajstić information content (AvgIpc) is 3.30. The summed E-state index contributed by atoms with van der Waals surface area (Å²) in [7, 11) is 2.07. The Bertz CT molecular complexity index is 1110. The van der Waals surface area contributed by atoms with Crippen LogP contribution in [0.2, 0.25) is 0 Å². The molecule has 0 spiro atoms. The molecule has 142 valence electrons. The number of thiazole rings is 1. The van der Waals surface area contributed by atoms with Gasteiger partial charge < -0.3 is 9.88 Å². The lowest BCUT2D eigenvalue weighted by atomic mass is 10.1. The van der Waals surface area contributed by atoms with Gasteiger partial charge >= 0.3 is 0 Å². The maximum absolute atomic E-state index is 12.2. The highest BCUT2D eigenvalue weighted by molar-refractivity contribution is 7.13. The first kappa shape index (κ1) is 18.4. The van der Waals surface area contributed by atoms with Crippen LogP contribution < -0.4 is 5.32 Å². The van der Waals surface area contributed by atoms with Gasteiger partial charge in [0.2, 0.25) is 5.91 Å². The SMILES string of the molecule is Cc1cc2cc(CNC(=O)CCc3csc(-c4ccccn4)n3)ccc2n1C. The Labute approximate surface area is 168 Å². The van der Waals surface area contributed by atoms with Crippen molar-refractivity contribution in [3.8, 4) is 10.7 Å². The fourth-order valence-electron chi connectivity index (χ4n) is 3.21. The summed E-state index contributed by atoms with van der Waals surface area (Å²) >= 11 is 1.56. The topological polar surface area (TPSA) is 59.8 Å². The molecule has 1 N–H and O–H groups in total. The van der Waals surface area contributed by atoms with Crippen LogP contribution >= 0.6 is 11.3 Å². The molecule has 0 saturated carbocycles. The first-order valence-electron chi connectivity index (χ1n) is 9.27. The van der Waals surface area contributed by atoms with E-state index in [4.69, 9.17) is 0 Å². The monoisotopic (exact) mass is 390 g/mol. The highest BCUT2D eigenvalue weighted by Crippen LogP contribution is 2.22. The zero-order valence-corrected chi connectivity index (χ0v) is 16.8. The molecule has 0 saturated heterocycles. The van der Waals surface area contributed by atoms with Gasteiger partial charge in [-0.05, 0) is 49.2 Å². The van der Waals surface area contributed by atoms with Gasteiger partial charge in [0.15, 0.2) is 0 Å². The van der Waals surface area contributed by atoms with Crippen LogP contribution in [0.25, 0.3) is 21.6 Å². The van der Waals surface area contributed by atoms with Gasteiger partial charge in [-0.3, -0.25) is 9.78 Å². The average molecular weight is 391 g/mol. The van der Waals surface area contributed by atoms with E-state index in [9.17, 15) is 4.79 Å². The Morgan fingerprint density at radius 1 is 1.21 bits per heavy atom. The number of hydrogen-bond donors (Lipinski definition) is 1. The minimum Gasteiger partial charge on any atom is -0.352 e. The van der Waals surface area contributed by atoms with Gasteiger partial charge in [0.25, 0.3) is 0 Å². The molecule has 0 unspecified atom stereocenters. The number of carbonyl (C=O) groups excluding carboxylic acids is 1. The molecule has 0 fully saturated rings. The lowest BCUT2D eigenvalue weighted by Gasteiger charge is -2.06. The van der Waals surface area contributed by atoms with Gasteiger partial charge in [0.05, 0.1) is 11.4 Å². The van der Waals surface area contributed by atoms with E-state index in [2.05, 4.69) is 58.1 Å². The number of nitrogens with zero attached hydrogens (tertiary/aromatic N) is 3. The zero-order chi connectivity index (χ0) is 19.5. The Hall–Kier alpha value is -2.99. The minimum absolute atomic E-state index is 0.0386. The van der Waals surface area contributed by atoms with Crippen molar-refractivity contribution in [1.29, 1.82) is 0 Å². The Balaban J connectivity index is 1.31. The summed E-state index contributed by atoms with van der Waals surface area (Å²) in [5.41, 5.74) is 5.35. The van der Waals surface area contributed by atoms with E-state index in [1.165, 1.54) is 16.6 Å². The predicted octanol–water partition coefficient (Wildman–Crippen LogP) is 4.25. The number of hydrogen-bond acceptors (Lipinski definition) is 4. The minimum atomic E-state index is 0.0386. The highest BCUT2D eigenvalue weighted by Gasteiger charge is 2.09. The lowest BCUT2D eigenvalue weighted by molar-refractivity contribution is -0.121. The molecule has 3 heterocycles. The maximum atomic E-state index is 12.2. The van der Waals surface area contributed by atoms with Crippen molar-refractivity contribution in [3.63, 3.8) is 0 Å². The number of carbonyl (C=O) groups is 1. The maximum Gasteiger partial charge on any atom is 0.220 e. The van der Waals surface area contributed by atoms with Crippen molar-refractivity contribution in [1.82, 2.24) is 19.9 Å². The summed E-state index contributed by atoms with van der Waals surface area (Å²) in [6.45, 7) is 2.64. The Morgan fingerprint density at radius 2 is 2.11 bits per heavy atom. The molecule has 3 aromatic heterocycles. The van der Waals surface area contributed by atoms with Crippen LogP contribution in [0.3, 0.4) is 0 Å². The van der Waals surface area contributed by atoms with Crippen LogP contribution in [0.4, 0.5) is 0 Å². The Morgan fingerprint density at radius 3 is 2.93 bits per heavy atom. The molecule has 0 atom stereocenters. The van der Waals surface area contributed by atoms with Crippen molar-refractivity contribution in [2.24, 2.45) is 7.05 Å². The van der Waals surface area contributed by atoms with E-state index in [0.717, 1.165) is 22.0 Å². The second-order valence-electron chi connectivity index (χ2n) is 6.87. The summed E-state index contributed by atoms with van der Waals surface area (Å²) < 4.78 is 2.17. The van der Waals surface area contributed by atoms with Gasteiger partial charge in [0.1, 0.15) is 5.01 Å². The summed E-state index contributed by atoms with van der Waals surface area (Å²) in [5.74, 6) is 0.0386. The number of aryl methyl sites for hydroxylation is 3. The molecule has 5 nitrogen and oxygen atoms in total. The Kier molecular flexibility index (Phi) is 5.21. The van der Waals surface area contributed by atoms with E-state index >= 15 is 0 Å². The fraction of sp³-hybridized carbons (Fsp3) is 0.227. The summed E-state index contributed by atoms with van der Waals surface area (Å²) in [6, 6.07) is 14.3. The van der Waals surface area contributed by atoms with Crippen LogP contribution in [-0.2, 0) is 24.8 Å². The molecular weight excluding hydrogens is 368 g/mol. The molecule has 0 aliphatic carbocycles. The molecule has 1 amide bonds. The van der Waals surface area contributed by atoms with Crippen molar-refractivity contribution in [2.75, 3.05) is 0 Å². The van der Waals surface area contributed by atoms with Crippen LogP contribution in [0, 0.1) is 6.92 Å². The van der Waals surface area contributed by atoms with E-state index in [-0.39, 0.29) is 5.91 Å². The third-order valence-electron chi connectivity index (χ3n) is 4.88. The number of pyridine rings is 1. The quantitative estimate of drug-likeness (QED) is 0.535. The van der Waals surface area contributed by atoms with Crippen molar-refractivity contribution < 1.29 is 4.79 Å². The zero-order valence-electron chi connectivity index (χ0n) is 16.0. The highest BCUT2D eigenvalue weighted by atomic mass is 32.1. The molecule has 6 heteroatoms. The molecule has 0 aliphatic rings. The molecule has 4 rings (SSSR count). The van der Waals surface area contributed by atoms with E-state index in [0.29, 0.717) is 19.4 Å². The number of rotatable bonds is 6. The molecule has 0 aliphatic heterocycles. The van der Waals surface area contributed by atoms with Crippen LogP contribution in [0.1, 0.15) is 23.4 Å². The first-order valence-corrected chi connectivity index (χ1v) is 10.2. The number of aromatic nitrogens is 3. The molecule has 4 aromatic rings. The second-order valence-corrected chi connectivity index (χ2v) is 7.73. The molecule has 0 radical (unpaired) electrons. The summed E-state index contributed by atoms with van der Waals surface area (Å²) in [5, 5.41) is 7.11. The summed E-state index contributed by atoms with van der Waals surface area (Å²) in [4.78, 5) is 21.1. The van der Waals surface area contributed by atoms with Crippen molar-refractivity contribution in [3.05, 3.63) is 71.0 Å². The van der Waals surface area contributed by atoms with E-state index in [1.54, 1.807) is 17.5 Å². The van der Waals surface area contributed by atoms with E-state index < -0.39 is 0 Å². The number of benzene rings is 1. The van der Waals surface area contributed by atoms with Crippen molar-refractivity contribution >= 4 is 28.1 Å². The standard InChI is InChI=1S/C22H22N4OS/c1-15-11-17-12-16(6-8-20(17)26(15)2)13-24-21(27)9-7-18-14-28-22(25-18)19-5-3-4-10-23-19/h3-6,8,10-12,14H,7,9,13H2,1-2H3,(H,24,27). The molecule has 28 heavy (non-hydrogen) atoms. The van der Waals surface area contributed by atoms with Gasteiger partial charge in [0, 0.05) is 48.2 Å². The van der Waals surface area contributed by atoms with Gasteiger partial charge in [-0.15, -0.1) is 11.3 Å². The van der Waals surface area contributed by atoms with Crippen LogP contribution in [0.5, 0.6) is 0 Å². The largest absolute Gasteiger partial charge is 0.352 e. The van der Waals surface area contributed by atoms with Crippen molar-refractivity contribution in [2.45, 2.75) is 26.3 Å². The van der Waals surface area contributed by atoms with Crippen LogP contribution in [-0.4, -0.2) is 20.4 Å². The number of fused-ring (bicyclic) bond motifs is 1. The number of amides is 1. The van der Waals surface area contributed by atoms with E-state index in [1.807, 2.05) is 23.6 Å². The second kappa shape index (κ2) is 7.94. The third-order valence-corrected chi connectivity index (χ3v) is 5.79. The lowest BCUT2D eigenvalue weighted by Crippen LogP contribution is -2.23. The first-order chi connectivity index (χ1) is 13.6. The van der Waals surface area contributed by atoms with Gasteiger partial charge in [-0.2, -0.15) is 0 Å². The molecule has 0 bridgehead atoms. The smallest absolute Gasteiger partial charge is 0.220 e. The number of nitrogens with one attached hydrogen (secondary N) is 1.